The first-order valence-electron chi connectivity index (χ1n) is 7.71. The molecule has 26 heavy (non-hydrogen) atoms. The molecule has 0 aliphatic heterocycles. The van der Waals surface area contributed by atoms with Gasteiger partial charge in [0.05, 0.1) is 17.3 Å². The van der Waals surface area contributed by atoms with Gasteiger partial charge in [0.25, 0.3) is 0 Å². The summed E-state index contributed by atoms with van der Waals surface area (Å²) in [5.74, 6) is -0.563. The predicted molar refractivity (Wildman–Crippen MR) is 97.5 cm³/mol. The van der Waals surface area contributed by atoms with Crippen LogP contribution < -0.4 is 5.32 Å². The van der Waals surface area contributed by atoms with E-state index in [9.17, 15) is 18.0 Å². The Labute approximate surface area is 159 Å². The average Bonchev–Trinajstić information content (AvgIpc) is 2.56. The van der Waals surface area contributed by atoms with Crippen molar-refractivity contribution in [3.05, 3.63) is 63.6 Å². The summed E-state index contributed by atoms with van der Waals surface area (Å²) >= 11 is 11.7. The van der Waals surface area contributed by atoms with Crippen molar-refractivity contribution >= 4 is 34.8 Å². The third-order valence-corrected chi connectivity index (χ3v) is 4.57. The Hall–Kier alpha value is -1.76. The first kappa shape index (κ1) is 20.6. The molecule has 140 valence electrons. The number of benzene rings is 2. The summed E-state index contributed by atoms with van der Waals surface area (Å²) < 4.78 is 39.4. The second kappa shape index (κ2) is 8.29. The molecule has 1 unspecified atom stereocenters. The molecule has 2 rings (SSSR count). The molecule has 0 radical (unpaired) electrons. The number of hydrogen-bond donors (Lipinski definition) is 1. The first-order chi connectivity index (χ1) is 12.1. The maximum atomic E-state index is 13.1. The second-order valence-corrected chi connectivity index (χ2v) is 6.70. The predicted octanol–water partition coefficient (Wildman–Crippen LogP) is 5.47. The maximum Gasteiger partial charge on any atom is 0.418 e. The van der Waals surface area contributed by atoms with E-state index in [-0.39, 0.29) is 10.7 Å². The van der Waals surface area contributed by atoms with Gasteiger partial charge in [-0.25, -0.2) is 0 Å². The van der Waals surface area contributed by atoms with Crippen LogP contribution in [-0.4, -0.2) is 23.9 Å². The number of carbonyl (C=O) groups excluding carboxylic acids is 1. The number of rotatable bonds is 5. The Bertz CT molecular complexity index is 796. The van der Waals surface area contributed by atoms with E-state index in [1.165, 1.54) is 6.07 Å². The molecule has 0 spiro atoms. The summed E-state index contributed by atoms with van der Waals surface area (Å²) in [5, 5.41) is 2.84. The lowest BCUT2D eigenvalue weighted by atomic mass is 10.1. The van der Waals surface area contributed by atoms with Crippen LogP contribution >= 0.6 is 23.2 Å². The summed E-state index contributed by atoms with van der Waals surface area (Å²) in [5.41, 5.74) is -0.497. The molecule has 1 amide bonds. The minimum Gasteiger partial charge on any atom is -0.324 e. The van der Waals surface area contributed by atoms with Gasteiger partial charge in [0, 0.05) is 16.6 Å². The normalized spacial score (nSPS) is 12.9. The second-order valence-electron chi connectivity index (χ2n) is 5.86. The fraction of sp³-hybridized carbons (Fsp3) is 0.278. The van der Waals surface area contributed by atoms with Crippen molar-refractivity contribution in [2.75, 3.05) is 12.4 Å². The summed E-state index contributed by atoms with van der Waals surface area (Å²) in [7, 11) is 1.69. The van der Waals surface area contributed by atoms with Gasteiger partial charge in [0.1, 0.15) is 0 Å². The molecule has 0 bridgehead atoms. The van der Waals surface area contributed by atoms with Crippen LogP contribution in [0.2, 0.25) is 10.0 Å². The molecular formula is C18H17Cl2F3N2O. The number of carbonyl (C=O) groups is 1. The molecule has 0 aromatic heterocycles. The van der Waals surface area contributed by atoms with Crippen LogP contribution in [0.5, 0.6) is 0 Å². The lowest BCUT2D eigenvalue weighted by Gasteiger charge is -2.25. The number of nitrogens with one attached hydrogen (secondary N) is 1. The Morgan fingerprint density at radius 2 is 1.85 bits per heavy atom. The van der Waals surface area contributed by atoms with Crippen LogP contribution in [0, 0.1) is 0 Å². The zero-order valence-corrected chi connectivity index (χ0v) is 15.6. The molecule has 2 aromatic rings. The Balaban J connectivity index is 2.13. The zero-order valence-electron chi connectivity index (χ0n) is 14.1. The molecule has 3 nitrogen and oxygen atoms in total. The van der Waals surface area contributed by atoms with Crippen molar-refractivity contribution in [2.45, 2.75) is 25.7 Å². The Kier molecular flexibility index (Phi) is 6.55. The number of nitrogens with zero attached hydrogens (tertiary/aromatic N) is 1. The average molecular weight is 405 g/mol. The number of hydrogen-bond acceptors (Lipinski definition) is 2. The van der Waals surface area contributed by atoms with E-state index < -0.39 is 23.7 Å². The van der Waals surface area contributed by atoms with E-state index in [0.29, 0.717) is 11.6 Å². The molecule has 0 saturated heterocycles. The molecule has 2 aromatic carbocycles. The van der Waals surface area contributed by atoms with Gasteiger partial charge in [-0.05, 0) is 43.8 Å². The van der Waals surface area contributed by atoms with E-state index in [4.69, 9.17) is 23.2 Å². The van der Waals surface area contributed by atoms with Crippen LogP contribution in [-0.2, 0) is 17.5 Å². The fourth-order valence-electron chi connectivity index (χ4n) is 2.33. The molecule has 0 aliphatic carbocycles. The van der Waals surface area contributed by atoms with E-state index in [1.54, 1.807) is 31.0 Å². The summed E-state index contributed by atoms with van der Waals surface area (Å²) in [6.45, 7) is 1.98. The van der Waals surface area contributed by atoms with Crippen LogP contribution in [0.25, 0.3) is 0 Å². The minimum absolute atomic E-state index is 0.0563. The number of anilines is 1. The standard InChI is InChI=1S/C18H17Cl2F3N2O/c1-11(25(2)10-12-5-3-4-6-15(12)20)17(26)24-16-8-7-13(19)9-14(16)18(21,22)23/h3-9,11H,10H2,1-2H3,(H,24,26). The summed E-state index contributed by atoms with van der Waals surface area (Å²) in [6, 6.07) is 9.72. The zero-order chi connectivity index (χ0) is 19.5. The number of alkyl halides is 3. The molecule has 0 aliphatic rings. The van der Waals surface area contributed by atoms with Gasteiger partial charge in [0.2, 0.25) is 5.91 Å². The molecule has 0 saturated carbocycles. The highest BCUT2D eigenvalue weighted by atomic mass is 35.5. The van der Waals surface area contributed by atoms with Crippen molar-refractivity contribution < 1.29 is 18.0 Å². The topological polar surface area (TPSA) is 32.3 Å². The molecule has 8 heteroatoms. The third kappa shape index (κ3) is 5.13. The quantitative estimate of drug-likeness (QED) is 0.716. The van der Waals surface area contributed by atoms with Gasteiger partial charge in [-0.3, -0.25) is 9.69 Å². The van der Waals surface area contributed by atoms with Crippen LogP contribution in [0.3, 0.4) is 0 Å². The van der Waals surface area contributed by atoms with Gasteiger partial charge in [0.15, 0.2) is 0 Å². The number of amides is 1. The molecule has 0 fully saturated rings. The summed E-state index contributed by atoms with van der Waals surface area (Å²) in [4.78, 5) is 14.1. The highest BCUT2D eigenvalue weighted by molar-refractivity contribution is 6.31. The first-order valence-corrected chi connectivity index (χ1v) is 8.46. The Morgan fingerprint density at radius 1 is 1.19 bits per heavy atom. The van der Waals surface area contributed by atoms with Gasteiger partial charge < -0.3 is 5.32 Å². The fourth-order valence-corrected chi connectivity index (χ4v) is 2.70. The van der Waals surface area contributed by atoms with Crippen LogP contribution in [0.1, 0.15) is 18.1 Å². The van der Waals surface area contributed by atoms with Crippen LogP contribution in [0.15, 0.2) is 42.5 Å². The number of likely N-dealkylation sites (N-methyl/N-ethyl adjacent to an activating group) is 1. The minimum atomic E-state index is -4.62. The van der Waals surface area contributed by atoms with Crippen molar-refractivity contribution in [3.8, 4) is 0 Å². The molecule has 1 N–H and O–H groups in total. The van der Waals surface area contributed by atoms with E-state index in [2.05, 4.69) is 5.32 Å². The maximum absolute atomic E-state index is 13.1. The van der Waals surface area contributed by atoms with Crippen molar-refractivity contribution in [1.29, 1.82) is 0 Å². The van der Waals surface area contributed by atoms with E-state index >= 15 is 0 Å². The third-order valence-electron chi connectivity index (χ3n) is 3.96. The van der Waals surface area contributed by atoms with Gasteiger partial charge in [-0.1, -0.05) is 41.4 Å². The molecule has 1 atom stereocenters. The van der Waals surface area contributed by atoms with Gasteiger partial charge >= 0.3 is 6.18 Å². The summed E-state index contributed by atoms with van der Waals surface area (Å²) in [6.07, 6.45) is -4.62. The van der Waals surface area contributed by atoms with Gasteiger partial charge in [-0.15, -0.1) is 0 Å². The van der Waals surface area contributed by atoms with E-state index in [0.717, 1.165) is 17.7 Å². The van der Waals surface area contributed by atoms with Gasteiger partial charge in [-0.2, -0.15) is 13.2 Å². The van der Waals surface area contributed by atoms with E-state index in [1.807, 2.05) is 12.1 Å². The SMILES string of the molecule is CC(C(=O)Nc1ccc(Cl)cc1C(F)(F)F)N(C)Cc1ccccc1Cl. The van der Waals surface area contributed by atoms with Crippen LogP contribution in [0.4, 0.5) is 18.9 Å². The van der Waals surface area contributed by atoms with Crippen molar-refractivity contribution in [1.82, 2.24) is 4.90 Å². The molecule has 0 heterocycles. The molecular weight excluding hydrogens is 388 g/mol. The van der Waals surface area contributed by atoms with Crippen molar-refractivity contribution in [2.24, 2.45) is 0 Å². The van der Waals surface area contributed by atoms with Crippen molar-refractivity contribution in [3.63, 3.8) is 0 Å². The number of halogens is 5. The Morgan fingerprint density at radius 3 is 2.46 bits per heavy atom. The lowest BCUT2D eigenvalue weighted by molar-refractivity contribution is -0.137. The lowest BCUT2D eigenvalue weighted by Crippen LogP contribution is -2.39. The smallest absolute Gasteiger partial charge is 0.324 e. The monoisotopic (exact) mass is 404 g/mol. The highest BCUT2D eigenvalue weighted by Gasteiger charge is 2.34. The largest absolute Gasteiger partial charge is 0.418 e. The highest BCUT2D eigenvalue weighted by Crippen LogP contribution is 2.36.